The van der Waals surface area contributed by atoms with Gasteiger partial charge in [0, 0.05) is 22.6 Å². The smallest absolute Gasteiger partial charge is 0.390 e. The molecule has 12 heteroatoms. The quantitative estimate of drug-likeness (QED) is 0.276. The van der Waals surface area contributed by atoms with Crippen molar-refractivity contribution in [3.8, 4) is 0 Å². The Kier molecular flexibility index (Phi) is 6.23. The molecule has 0 aromatic heterocycles. The number of halogens is 7. The summed E-state index contributed by atoms with van der Waals surface area (Å²) in [6.07, 6.45) is -5.57. The maximum Gasteiger partial charge on any atom is 0.455 e. The zero-order valence-corrected chi connectivity index (χ0v) is 11.7. The van der Waals surface area contributed by atoms with Crippen LogP contribution in [0.1, 0.15) is 0 Å². The number of hydrogen-bond acceptors (Lipinski definition) is 5. The highest BCUT2D eigenvalue weighted by Crippen LogP contribution is 2.34. The van der Waals surface area contributed by atoms with Crippen molar-refractivity contribution in [1.29, 1.82) is 0 Å². The fourth-order valence-corrected chi connectivity index (χ4v) is 0.916. The number of alkyl halides is 6. The number of aliphatic hydroxyl groups is 1. The molecular formula is C5H3F5I2O5. The zero-order valence-electron chi connectivity index (χ0n) is 7.43. The van der Waals surface area contributed by atoms with Crippen LogP contribution in [-0.4, -0.2) is 33.9 Å². The van der Waals surface area contributed by atoms with Crippen LogP contribution in [0.4, 0.5) is 22.0 Å². The maximum atomic E-state index is 12.2. The molecule has 1 N–H and O–H groups in total. The third-order valence-electron chi connectivity index (χ3n) is 1.22. The summed E-state index contributed by atoms with van der Waals surface area (Å²) in [5, 5.41) is 8.86. The molecule has 0 aliphatic heterocycles. The van der Waals surface area contributed by atoms with Crippen LogP contribution in [0.15, 0.2) is 0 Å². The second kappa shape index (κ2) is 6.07. The molecule has 0 fully saturated rings. The van der Waals surface area contributed by atoms with E-state index in [1.54, 1.807) is 0 Å². The van der Waals surface area contributed by atoms with Crippen LogP contribution in [0.3, 0.4) is 0 Å². The number of carbonyl (C=O) groups is 1. The first-order valence-electron chi connectivity index (χ1n) is 3.41. The number of ether oxygens (including phenoxy) is 2. The van der Waals surface area contributed by atoms with E-state index in [-0.39, 0.29) is 0 Å². The van der Waals surface area contributed by atoms with Crippen LogP contribution >= 0.6 is 45.6 Å². The predicted octanol–water partition coefficient (Wildman–Crippen LogP) is 2.11. The molecule has 1 unspecified atom stereocenters. The molecule has 0 spiro atoms. The Morgan fingerprint density at radius 2 is 1.65 bits per heavy atom. The van der Waals surface area contributed by atoms with Gasteiger partial charge in [-0.3, -0.25) is 4.74 Å². The van der Waals surface area contributed by atoms with Gasteiger partial charge in [0.2, 0.25) is 0 Å². The van der Waals surface area contributed by atoms with E-state index < -0.39 is 28.8 Å². The SMILES string of the molecule is O=C(OI)C(O)(OCOC(F)(F)I)C(F)(F)F. The van der Waals surface area contributed by atoms with Gasteiger partial charge in [-0.2, -0.15) is 22.0 Å². The van der Waals surface area contributed by atoms with Gasteiger partial charge in [-0.05, 0) is 0 Å². The summed E-state index contributed by atoms with van der Waals surface area (Å²) >= 11 is 1.23. The van der Waals surface area contributed by atoms with E-state index in [1.807, 2.05) is 0 Å². The molecule has 17 heavy (non-hydrogen) atoms. The van der Waals surface area contributed by atoms with Crippen LogP contribution in [-0.2, 0) is 17.3 Å². The first kappa shape index (κ1) is 17.5. The Morgan fingerprint density at radius 1 is 1.18 bits per heavy atom. The minimum absolute atomic E-state index is 0.460. The molecule has 0 saturated heterocycles. The van der Waals surface area contributed by atoms with Gasteiger partial charge in [0.05, 0.1) is 0 Å². The van der Waals surface area contributed by atoms with Gasteiger partial charge in [0.25, 0.3) is 0 Å². The van der Waals surface area contributed by atoms with Gasteiger partial charge >= 0.3 is 22.0 Å². The highest BCUT2D eigenvalue weighted by molar-refractivity contribution is 14.1. The summed E-state index contributed by atoms with van der Waals surface area (Å²) in [5.41, 5.74) is 0. The molecule has 0 amide bonds. The fourth-order valence-electron chi connectivity index (χ4n) is 0.490. The Labute approximate surface area is 118 Å². The lowest BCUT2D eigenvalue weighted by molar-refractivity contribution is -0.374. The van der Waals surface area contributed by atoms with E-state index in [2.05, 4.69) is 12.5 Å². The highest BCUT2D eigenvalue weighted by Gasteiger charge is 2.63. The van der Waals surface area contributed by atoms with Crippen molar-refractivity contribution in [3.63, 3.8) is 0 Å². The summed E-state index contributed by atoms with van der Waals surface area (Å²) in [5.74, 6) is -6.58. The van der Waals surface area contributed by atoms with Crippen molar-refractivity contribution in [2.45, 2.75) is 16.1 Å². The number of hydrogen-bond donors (Lipinski definition) is 1. The lowest BCUT2D eigenvalue weighted by Gasteiger charge is -2.26. The minimum Gasteiger partial charge on any atom is -0.390 e. The average molecular weight is 492 g/mol. The van der Waals surface area contributed by atoms with Gasteiger partial charge in [0.15, 0.2) is 29.8 Å². The lowest BCUT2D eigenvalue weighted by Crippen LogP contribution is -2.55. The van der Waals surface area contributed by atoms with Crippen LogP contribution < -0.4 is 0 Å². The molecule has 102 valence electrons. The Bertz CT molecular complexity index is 279. The largest absolute Gasteiger partial charge is 0.455 e. The molecular weight excluding hydrogens is 489 g/mol. The molecule has 0 rings (SSSR count). The zero-order chi connectivity index (χ0) is 13.9. The topological polar surface area (TPSA) is 65.0 Å². The molecule has 0 heterocycles. The van der Waals surface area contributed by atoms with Crippen molar-refractivity contribution >= 4 is 51.6 Å². The van der Waals surface area contributed by atoms with Crippen molar-refractivity contribution in [2.75, 3.05) is 6.79 Å². The Hall–Kier alpha value is 0.460. The van der Waals surface area contributed by atoms with Crippen LogP contribution in [0.5, 0.6) is 0 Å². The molecule has 0 saturated carbocycles. The summed E-state index contributed by atoms with van der Waals surface area (Å²) in [6.45, 7) is -1.67. The second-order valence-electron chi connectivity index (χ2n) is 2.36. The van der Waals surface area contributed by atoms with Gasteiger partial charge in [-0.25, -0.2) is 4.79 Å². The summed E-state index contributed by atoms with van der Waals surface area (Å²) in [6, 6.07) is 0. The Balaban J connectivity index is 4.70. The summed E-state index contributed by atoms with van der Waals surface area (Å²) in [4.78, 5) is 10.7. The maximum absolute atomic E-state index is 12.2. The van der Waals surface area contributed by atoms with Gasteiger partial charge in [-0.15, -0.1) is 0 Å². The van der Waals surface area contributed by atoms with Crippen molar-refractivity contribution in [2.24, 2.45) is 0 Å². The van der Waals surface area contributed by atoms with Crippen molar-refractivity contribution < 1.29 is 44.4 Å². The molecule has 0 radical (unpaired) electrons. The monoisotopic (exact) mass is 492 g/mol. The van der Waals surface area contributed by atoms with E-state index in [0.717, 1.165) is 23.0 Å². The van der Waals surface area contributed by atoms with Crippen molar-refractivity contribution in [3.05, 3.63) is 0 Å². The van der Waals surface area contributed by atoms with Crippen LogP contribution in [0.25, 0.3) is 0 Å². The second-order valence-corrected chi connectivity index (χ2v) is 4.05. The molecule has 0 aliphatic carbocycles. The van der Waals surface area contributed by atoms with Crippen molar-refractivity contribution in [1.82, 2.24) is 0 Å². The third kappa shape index (κ3) is 5.31. The molecule has 0 aromatic rings. The van der Waals surface area contributed by atoms with E-state index in [9.17, 15) is 26.7 Å². The highest BCUT2D eigenvalue weighted by atomic mass is 127. The van der Waals surface area contributed by atoms with E-state index >= 15 is 0 Å². The third-order valence-corrected chi connectivity index (χ3v) is 1.93. The normalized spacial score (nSPS) is 16.5. The van der Waals surface area contributed by atoms with Crippen LogP contribution in [0.2, 0.25) is 0 Å². The van der Waals surface area contributed by atoms with Gasteiger partial charge in [-0.1, -0.05) is 0 Å². The predicted molar refractivity (Wildman–Crippen MR) is 57.1 cm³/mol. The summed E-state index contributed by atoms with van der Waals surface area (Å²) < 4.78 is 67.7. The van der Waals surface area contributed by atoms with Crippen LogP contribution in [0, 0.1) is 0 Å². The lowest BCUT2D eigenvalue weighted by atomic mass is 10.3. The van der Waals surface area contributed by atoms with E-state index in [1.165, 1.54) is 0 Å². The molecule has 5 nitrogen and oxygen atoms in total. The standard InChI is InChI=1S/C5H3F5I2O5/c6-4(7,8)3(14,2(13)17-12)15-1-16-5(9,10)11/h14H,1H2. The molecule has 0 bridgehead atoms. The Morgan fingerprint density at radius 3 is 1.94 bits per heavy atom. The van der Waals surface area contributed by atoms with Gasteiger partial charge < -0.3 is 12.9 Å². The minimum atomic E-state index is -5.57. The molecule has 1 atom stereocenters. The molecule has 0 aliphatic rings. The molecule has 0 aromatic carbocycles. The van der Waals surface area contributed by atoms with E-state index in [0.29, 0.717) is 22.6 Å². The number of carbonyl (C=O) groups excluding carboxylic acids is 1. The first-order chi connectivity index (χ1) is 7.44. The fraction of sp³-hybridized carbons (Fsp3) is 0.800. The summed E-state index contributed by atoms with van der Waals surface area (Å²) in [7, 11) is 0. The van der Waals surface area contributed by atoms with Gasteiger partial charge in [0.1, 0.15) is 0 Å². The number of rotatable bonds is 5. The first-order valence-corrected chi connectivity index (χ1v) is 5.37. The average Bonchev–Trinajstić information content (AvgIpc) is 2.12. The van der Waals surface area contributed by atoms with E-state index in [4.69, 9.17) is 5.11 Å².